The van der Waals surface area contributed by atoms with Crippen LogP contribution in [0.15, 0.2) is 0 Å². The zero-order chi connectivity index (χ0) is 10.6. The van der Waals surface area contributed by atoms with Crippen molar-refractivity contribution >= 4 is 31.7 Å². The molecule has 4 nitrogen and oxygen atoms in total. The molecule has 1 unspecified atom stereocenters. The Hall–Kier alpha value is -0.100. The van der Waals surface area contributed by atoms with Crippen molar-refractivity contribution < 1.29 is 13.2 Å². The number of carbonyl (C=O) groups excluding carboxylic acids is 1. The number of hydrogen-bond acceptors (Lipinski definition) is 3. The van der Waals surface area contributed by atoms with Crippen LogP contribution >= 0.6 is 15.9 Å². The number of hydrogen-bond donors (Lipinski definition) is 1. The van der Waals surface area contributed by atoms with Crippen LogP contribution in [0, 0.1) is 0 Å². The van der Waals surface area contributed by atoms with Crippen molar-refractivity contribution in [1.82, 2.24) is 5.32 Å². The monoisotopic (exact) mass is 283 g/mol. The predicted octanol–water partition coefficient (Wildman–Crippen LogP) is 0.465. The van der Waals surface area contributed by atoms with E-state index in [1.807, 2.05) is 0 Å². The first-order chi connectivity index (χ1) is 6.53. The Morgan fingerprint density at radius 2 is 2.21 bits per heavy atom. The van der Waals surface area contributed by atoms with Crippen LogP contribution < -0.4 is 5.32 Å². The number of carbonyl (C=O) groups is 1. The van der Waals surface area contributed by atoms with Gasteiger partial charge in [0.2, 0.25) is 5.91 Å². The number of amides is 1. The third kappa shape index (κ3) is 3.96. The molecule has 6 heteroatoms. The minimum Gasteiger partial charge on any atom is -0.352 e. The molecule has 0 aromatic rings. The molecule has 1 rings (SSSR count). The van der Waals surface area contributed by atoms with Gasteiger partial charge in [0, 0.05) is 17.8 Å². The molecule has 1 N–H and O–H groups in total. The lowest BCUT2D eigenvalue weighted by atomic mass is 10.2. The first-order valence-electron chi connectivity index (χ1n) is 4.59. The lowest BCUT2D eigenvalue weighted by Gasteiger charge is -2.22. The molecule has 1 amide bonds. The zero-order valence-electron chi connectivity index (χ0n) is 7.83. The second-order valence-electron chi connectivity index (χ2n) is 3.46. The SMILES string of the molecule is O=C(CCBr)NC1CCCS(=O)(=O)C1. The van der Waals surface area contributed by atoms with Crippen LogP contribution in [0.1, 0.15) is 19.3 Å². The van der Waals surface area contributed by atoms with Gasteiger partial charge in [-0.05, 0) is 12.8 Å². The molecular weight excluding hydrogens is 270 g/mol. The van der Waals surface area contributed by atoms with E-state index >= 15 is 0 Å². The van der Waals surface area contributed by atoms with E-state index in [4.69, 9.17) is 0 Å². The van der Waals surface area contributed by atoms with Gasteiger partial charge in [-0.3, -0.25) is 4.79 Å². The van der Waals surface area contributed by atoms with E-state index in [0.29, 0.717) is 18.2 Å². The predicted molar refractivity (Wildman–Crippen MR) is 58.2 cm³/mol. The topological polar surface area (TPSA) is 63.2 Å². The molecule has 1 aliphatic heterocycles. The maximum atomic E-state index is 11.2. The molecule has 1 fully saturated rings. The average molecular weight is 284 g/mol. The third-order valence-corrected chi connectivity index (χ3v) is 4.37. The quantitative estimate of drug-likeness (QED) is 0.766. The van der Waals surface area contributed by atoms with Crippen molar-refractivity contribution in [2.45, 2.75) is 25.3 Å². The lowest BCUT2D eigenvalue weighted by molar-refractivity contribution is -0.121. The molecule has 0 spiro atoms. The van der Waals surface area contributed by atoms with Crippen LogP contribution in [0.4, 0.5) is 0 Å². The minimum atomic E-state index is -2.92. The fraction of sp³-hybridized carbons (Fsp3) is 0.875. The summed E-state index contributed by atoms with van der Waals surface area (Å²) in [6.07, 6.45) is 1.82. The summed E-state index contributed by atoms with van der Waals surface area (Å²) in [5.41, 5.74) is 0. The summed E-state index contributed by atoms with van der Waals surface area (Å²) in [4.78, 5) is 11.2. The summed E-state index contributed by atoms with van der Waals surface area (Å²) in [6, 6.07) is -0.180. The Morgan fingerprint density at radius 3 is 2.79 bits per heavy atom. The van der Waals surface area contributed by atoms with Crippen molar-refractivity contribution in [1.29, 1.82) is 0 Å². The number of sulfone groups is 1. The van der Waals surface area contributed by atoms with Gasteiger partial charge in [-0.15, -0.1) is 0 Å². The molecular formula is C8H14BrNO3S. The highest BCUT2D eigenvalue weighted by atomic mass is 79.9. The van der Waals surface area contributed by atoms with E-state index in [2.05, 4.69) is 21.2 Å². The van der Waals surface area contributed by atoms with Crippen molar-refractivity contribution in [3.05, 3.63) is 0 Å². The Balaban J connectivity index is 2.42. The molecule has 0 aromatic heterocycles. The Labute approximate surface area is 92.5 Å². The molecule has 0 bridgehead atoms. The highest BCUT2D eigenvalue weighted by Gasteiger charge is 2.25. The summed E-state index contributed by atoms with van der Waals surface area (Å²) < 4.78 is 22.5. The van der Waals surface area contributed by atoms with Crippen molar-refractivity contribution in [3.63, 3.8) is 0 Å². The highest BCUT2D eigenvalue weighted by molar-refractivity contribution is 9.09. The number of halogens is 1. The average Bonchev–Trinajstić information content (AvgIpc) is 2.02. The molecule has 1 atom stereocenters. The first kappa shape index (κ1) is 12.0. The van der Waals surface area contributed by atoms with Crippen LogP contribution in [-0.4, -0.2) is 37.2 Å². The van der Waals surface area contributed by atoms with Crippen LogP contribution in [0.3, 0.4) is 0 Å². The maximum Gasteiger partial charge on any atom is 0.221 e. The second kappa shape index (κ2) is 5.11. The van der Waals surface area contributed by atoms with Crippen LogP contribution in [0.5, 0.6) is 0 Å². The molecule has 0 radical (unpaired) electrons. The highest BCUT2D eigenvalue weighted by Crippen LogP contribution is 2.12. The Kier molecular flexibility index (Phi) is 4.37. The molecule has 0 aliphatic carbocycles. The van der Waals surface area contributed by atoms with Crippen LogP contribution in [-0.2, 0) is 14.6 Å². The van der Waals surface area contributed by atoms with Gasteiger partial charge in [-0.25, -0.2) is 8.42 Å². The molecule has 0 aromatic carbocycles. The standard InChI is InChI=1S/C8H14BrNO3S/c9-4-3-8(11)10-7-2-1-5-14(12,13)6-7/h7H,1-6H2,(H,10,11). The van der Waals surface area contributed by atoms with Gasteiger partial charge in [-0.2, -0.15) is 0 Å². The third-order valence-electron chi connectivity index (χ3n) is 2.15. The van der Waals surface area contributed by atoms with Gasteiger partial charge in [-0.1, -0.05) is 15.9 Å². The van der Waals surface area contributed by atoms with Crippen LogP contribution in [0.25, 0.3) is 0 Å². The van der Waals surface area contributed by atoms with E-state index in [0.717, 1.165) is 6.42 Å². The van der Waals surface area contributed by atoms with Gasteiger partial charge in [0.05, 0.1) is 11.5 Å². The normalized spacial score (nSPS) is 25.6. The molecule has 1 aliphatic rings. The van der Waals surface area contributed by atoms with E-state index in [-0.39, 0.29) is 23.5 Å². The van der Waals surface area contributed by atoms with Gasteiger partial charge in [0.1, 0.15) is 0 Å². The summed E-state index contributed by atoms with van der Waals surface area (Å²) >= 11 is 3.16. The molecule has 0 saturated carbocycles. The van der Waals surface area contributed by atoms with Gasteiger partial charge < -0.3 is 5.32 Å². The molecule has 82 valence electrons. The fourth-order valence-electron chi connectivity index (χ4n) is 1.52. The molecule has 1 heterocycles. The van der Waals surface area contributed by atoms with Crippen molar-refractivity contribution in [2.75, 3.05) is 16.8 Å². The number of alkyl halides is 1. The Morgan fingerprint density at radius 1 is 1.50 bits per heavy atom. The van der Waals surface area contributed by atoms with E-state index in [1.165, 1.54) is 0 Å². The smallest absolute Gasteiger partial charge is 0.221 e. The number of rotatable bonds is 3. The van der Waals surface area contributed by atoms with Gasteiger partial charge >= 0.3 is 0 Å². The van der Waals surface area contributed by atoms with Crippen molar-refractivity contribution in [2.24, 2.45) is 0 Å². The minimum absolute atomic E-state index is 0.0797. The first-order valence-corrected chi connectivity index (χ1v) is 7.53. The number of nitrogens with one attached hydrogen (secondary N) is 1. The van der Waals surface area contributed by atoms with Gasteiger partial charge in [0.15, 0.2) is 9.84 Å². The summed E-state index contributed by atoms with van der Waals surface area (Å²) in [5, 5.41) is 3.34. The summed E-state index contributed by atoms with van der Waals surface area (Å²) in [6.45, 7) is 0. The summed E-state index contributed by atoms with van der Waals surface area (Å²) in [7, 11) is -2.92. The maximum absolute atomic E-state index is 11.2. The van der Waals surface area contributed by atoms with Gasteiger partial charge in [0.25, 0.3) is 0 Å². The summed E-state index contributed by atoms with van der Waals surface area (Å²) in [5.74, 6) is 0.280. The Bertz CT molecular complexity index is 302. The van der Waals surface area contributed by atoms with E-state index in [1.54, 1.807) is 0 Å². The van der Waals surface area contributed by atoms with E-state index in [9.17, 15) is 13.2 Å². The molecule has 14 heavy (non-hydrogen) atoms. The van der Waals surface area contributed by atoms with E-state index < -0.39 is 9.84 Å². The lowest BCUT2D eigenvalue weighted by Crippen LogP contribution is -2.43. The largest absolute Gasteiger partial charge is 0.352 e. The zero-order valence-corrected chi connectivity index (χ0v) is 10.2. The van der Waals surface area contributed by atoms with Crippen molar-refractivity contribution in [3.8, 4) is 0 Å². The molecule has 1 saturated heterocycles. The second-order valence-corrected chi connectivity index (χ2v) is 6.48. The fourth-order valence-corrected chi connectivity index (χ4v) is 3.52. The van der Waals surface area contributed by atoms with Crippen LogP contribution in [0.2, 0.25) is 0 Å².